The van der Waals surface area contributed by atoms with E-state index in [0.717, 1.165) is 24.0 Å². The molecule has 0 saturated heterocycles. The fourth-order valence-corrected chi connectivity index (χ4v) is 4.48. The Kier molecular flexibility index (Phi) is 5.96. The Morgan fingerprint density at radius 2 is 1.80 bits per heavy atom. The number of amides is 1. The van der Waals surface area contributed by atoms with Gasteiger partial charge in [0.1, 0.15) is 5.15 Å². The number of fused-ring (bicyclic) bond motifs is 1. The molecule has 0 aliphatic heterocycles. The van der Waals surface area contributed by atoms with Gasteiger partial charge in [-0.1, -0.05) is 59.6 Å². The molecule has 0 fully saturated rings. The summed E-state index contributed by atoms with van der Waals surface area (Å²) in [7, 11) is 0. The van der Waals surface area contributed by atoms with Crippen molar-refractivity contribution in [1.82, 2.24) is 15.1 Å². The lowest BCUT2D eigenvalue weighted by Crippen LogP contribution is -2.27. The Morgan fingerprint density at radius 3 is 2.53 bits per heavy atom. The smallest absolute Gasteiger partial charge is 0.256 e. The van der Waals surface area contributed by atoms with E-state index in [1.54, 1.807) is 4.68 Å². The van der Waals surface area contributed by atoms with Gasteiger partial charge in [-0.25, -0.2) is 4.68 Å². The van der Waals surface area contributed by atoms with Crippen LogP contribution >= 0.6 is 11.6 Å². The summed E-state index contributed by atoms with van der Waals surface area (Å²) in [6.45, 7) is 6.44. The number of hydrogen-bond donors (Lipinski definition) is 1. The van der Waals surface area contributed by atoms with Crippen molar-refractivity contribution in [1.29, 1.82) is 0 Å². The first-order valence-electron chi connectivity index (χ1n) is 10.6. The van der Waals surface area contributed by atoms with Crippen LogP contribution in [0.15, 0.2) is 42.5 Å². The maximum atomic E-state index is 13.0. The van der Waals surface area contributed by atoms with E-state index >= 15 is 0 Å². The van der Waals surface area contributed by atoms with E-state index in [-0.39, 0.29) is 11.9 Å². The molecule has 1 aliphatic carbocycles. The molecule has 1 amide bonds. The number of hydrogen-bond acceptors (Lipinski definition) is 2. The molecule has 1 heterocycles. The normalized spacial score (nSPS) is 14.3. The Labute approximate surface area is 183 Å². The van der Waals surface area contributed by atoms with E-state index in [2.05, 4.69) is 59.8 Å². The predicted molar refractivity (Wildman–Crippen MR) is 121 cm³/mol. The highest BCUT2D eigenvalue weighted by Gasteiger charge is 2.22. The summed E-state index contributed by atoms with van der Waals surface area (Å²) >= 11 is 6.57. The number of rotatable bonds is 5. The summed E-state index contributed by atoms with van der Waals surface area (Å²) in [6.07, 6.45) is 4.79. The molecule has 156 valence electrons. The van der Waals surface area contributed by atoms with Crippen LogP contribution in [0, 0.1) is 13.8 Å². The van der Waals surface area contributed by atoms with Crippen LogP contribution in [0.4, 0.5) is 0 Å². The van der Waals surface area contributed by atoms with E-state index in [1.807, 2.05) is 13.8 Å². The second-order valence-electron chi connectivity index (χ2n) is 8.32. The minimum Gasteiger partial charge on any atom is -0.345 e. The highest BCUT2D eigenvalue weighted by molar-refractivity contribution is 6.33. The summed E-state index contributed by atoms with van der Waals surface area (Å²) in [5.41, 5.74) is 7.39. The maximum Gasteiger partial charge on any atom is 0.256 e. The second-order valence-corrected chi connectivity index (χ2v) is 8.68. The second kappa shape index (κ2) is 8.65. The van der Waals surface area contributed by atoms with Crippen molar-refractivity contribution in [3.05, 3.63) is 86.7 Å². The van der Waals surface area contributed by atoms with Crippen LogP contribution in [-0.2, 0) is 19.4 Å². The van der Waals surface area contributed by atoms with Crippen LogP contribution in [0.1, 0.15) is 69.7 Å². The number of nitrogens with zero attached hydrogens (tertiary/aromatic N) is 2. The first kappa shape index (κ1) is 20.7. The summed E-state index contributed by atoms with van der Waals surface area (Å²) in [5, 5.41) is 8.00. The Balaban J connectivity index is 1.50. The molecule has 1 N–H and O–H groups in total. The topological polar surface area (TPSA) is 46.9 Å². The number of aryl methyl sites for hydroxylation is 4. The molecule has 4 nitrogen and oxygen atoms in total. The molecule has 5 heteroatoms. The minimum atomic E-state index is -0.183. The Morgan fingerprint density at radius 1 is 1.10 bits per heavy atom. The number of halogens is 1. The van der Waals surface area contributed by atoms with Gasteiger partial charge in [0.2, 0.25) is 0 Å². The molecule has 1 aromatic heterocycles. The van der Waals surface area contributed by atoms with Gasteiger partial charge < -0.3 is 5.32 Å². The largest absolute Gasteiger partial charge is 0.345 e. The predicted octanol–water partition coefficient (Wildman–Crippen LogP) is 5.57. The molecule has 0 saturated carbocycles. The van der Waals surface area contributed by atoms with Crippen molar-refractivity contribution < 1.29 is 4.79 Å². The Bertz CT molecular complexity index is 1070. The molecule has 0 spiro atoms. The molecule has 30 heavy (non-hydrogen) atoms. The lowest BCUT2D eigenvalue weighted by Gasteiger charge is -2.20. The average molecular weight is 422 g/mol. The fraction of sp³-hybridized carbons (Fsp3) is 0.360. The monoisotopic (exact) mass is 421 g/mol. The van der Waals surface area contributed by atoms with Crippen molar-refractivity contribution in [3.8, 4) is 0 Å². The van der Waals surface area contributed by atoms with Gasteiger partial charge in [-0.3, -0.25) is 4.79 Å². The van der Waals surface area contributed by atoms with Gasteiger partial charge in [0.25, 0.3) is 5.91 Å². The zero-order valence-electron chi connectivity index (χ0n) is 17.8. The standard InChI is InChI=1S/C25H28ClN3O/c1-16-8-10-19(11-9-16)15-29-24(26)23(18(3)28-29)25(30)27-17(2)21-13-12-20-6-4-5-7-22(20)14-21/h8-14,17H,4-7,15H2,1-3H3,(H,27,30). The van der Waals surface area contributed by atoms with Crippen molar-refractivity contribution in [2.45, 2.75) is 59.0 Å². The molecule has 1 aliphatic rings. The summed E-state index contributed by atoms with van der Waals surface area (Å²) in [5.74, 6) is -0.183. The summed E-state index contributed by atoms with van der Waals surface area (Å²) in [4.78, 5) is 13.0. The molecule has 0 bridgehead atoms. The first-order chi connectivity index (χ1) is 14.4. The van der Waals surface area contributed by atoms with Gasteiger partial charge in [-0.15, -0.1) is 0 Å². The molecule has 4 rings (SSSR count). The summed E-state index contributed by atoms with van der Waals surface area (Å²) in [6, 6.07) is 14.7. The molecule has 2 aromatic carbocycles. The molecular formula is C25H28ClN3O. The third kappa shape index (κ3) is 4.29. The van der Waals surface area contributed by atoms with E-state index in [9.17, 15) is 4.79 Å². The molecule has 0 radical (unpaired) electrons. The van der Waals surface area contributed by atoms with E-state index < -0.39 is 0 Å². The summed E-state index contributed by atoms with van der Waals surface area (Å²) < 4.78 is 1.69. The van der Waals surface area contributed by atoms with Crippen LogP contribution in [0.25, 0.3) is 0 Å². The van der Waals surface area contributed by atoms with E-state index in [1.165, 1.54) is 29.5 Å². The van der Waals surface area contributed by atoms with Crippen LogP contribution in [0.3, 0.4) is 0 Å². The van der Waals surface area contributed by atoms with Crippen molar-refractivity contribution in [3.63, 3.8) is 0 Å². The van der Waals surface area contributed by atoms with E-state index in [4.69, 9.17) is 11.6 Å². The van der Waals surface area contributed by atoms with Gasteiger partial charge in [-0.05, 0) is 68.7 Å². The van der Waals surface area contributed by atoms with Gasteiger partial charge in [0.15, 0.2) is 0 Å². The quantitative estimate of drug-likeness (QED) is 0.585. The zero-order valence-corrected chi connectivity index (χ0v) is 18.6. The van der Waals surface area contributed by atoms with E-state index in [0.29, 0.717) is 23.0 Å². The third-order valence-corrected chi connectivity index (χ3v) is 6.35. The van der Waals surface area contributed by atoms with Crippen molar-refractivity contribution >= 4 is 17.5 Å². The van der Waals surface area contributed by atoms with Crippen molar-refractivity contribution in [2.24, 2.45) is 0 Å². The van der Waals surface area contributed by atoms with Crippen molar-refractivity contribution in [2.75, 3.05) is 0 Å². The van der Waals surface area contributed by atoms with Crippen LogP contribution in [0.5, 0.6) is 0 Å². The average Bonchev–Trinajstić information content (AvgIpc) is 3.02. The highest BCUT2D eigenvalue weighted by atomic mass is 35.5. The highest BCUT2D eigenvalue weighted by Crippen LogP contribution is 2.26. The fourth-order valence-electron chi connectivity index (χ4n) is 4.16. The van der Waals surface area contributed by atoms with Gasteiger partial charge in [-0.2, -0.15) is 5.10 Å². The van der Waals surface area contributed by atoms with Crippen LogP contribution in [0.2, 0.25) is 5.15 Å². The lowest BCUT2D eigenvalue weighted by molar-refractivity contribution is 0.0939. The SMILES string of the molecule is Cc1ccc(Cn2nc(C)c(C(=O)NC(C)c3ccc4c(c3)CCCC4)c2Cl)cc1. The van der Waals surface area contributed by atoms with Gasteiger partial charge in [0.05, 0.1) is 23.8 Å². The molecule has 1 atom stereocenters. The molecule has 3 aromatic rings. The van der Waals surface area contributed by atoms with Crippen LogP contribution in [-0.4, -0.2) is 15.7 Å². The number of aromatic nitrogens is 2. The molecular weight excluding hydrogens is 394 g/mol. The third-order valence-electron chi connectivity index (χ3n) is 5.97. The Hall–Kier alpha value is -2.59. The number of carbonyl (C=O) groups is 1. The van der Waals surface area contributed by atoms with Gasteiger partial charge in [0, 0.05) is 0 Å². The first-order valence-corrected chi connectivity index (χ1v) is 11.0. The zero-order chi connectivity index (χ0) is 21.3. The van der Waals surface area contributed by atoms with Gasteiger partial charge >= 0.3 is 0 Å². The number of benzene rings is 2. The maximum absolute atomic E-state index is 13.0. The minimum absolute atomic E-state index is 0.0966. The number of carbonyl (C=O) groups excluding carboxylic acids is 1. The number of nitrogens with one attached hydrogen (secondary N) is 1. The van der Waals surface area contributed by atoms with Crippen LogP contribution < -0.4 is 5.32 Å². The lowest BCUT2D eigenvalue weighted by atomic mass is 9.89. The molecule has 1 unspecified atom stereocenters.